The average Bonchev–Trinajstić information content (AvgIpc) is 3.27. The van der Waals surface area contributed by atoms with Crippen molar-refractivity contribution in [3.8, 4) is 44.5 Å². The quantitative estimate of drug-likeness (QED) is 0.150. The first-order chi connectivity index (χ1) is 27.3. The largest absolute Gasteiger partial charge is 0.310 e. The molecule has 0 heterocycles. The topological polar surface area (TPSA) is 3.24 Å². The Morgan fingerprint density at radius 2 is 0.673 bits per heavy atom. The maximum Gasteiger partial charge on any atom is 0.0540 e. The minimum atomic E-state index is 1.10. The number of para-hydroxylation sites is 1. The van der Waals surface area contributed by atoms with Gasteiger partial charge < -0.3 is 4.90 Å². The van der Waals surface area contributed by atoms with Crippen LogP contribution in [0.5, 0.6) is 0 Å². The van der Waals surface area contributed by atoms with Gasteiger partial charge in [0.05, 0.1) is 5.69 Å². The molecule has 0 saturated carbocycles. The molecule has 0 aliphatic rings. The van der Waals surface area contributed by atoms with E-state index in [1.165, 1.54) is 76.8 Å². The first-order valence-corrected chi connectivity index (χ1v) is 18.9. The number of benzene rings is 10. The average molecular weight is 700 g/mol. The minimum Gasteiger partial charge on any atom is -0.310 e. The summed E-state index contributed by atoms with van der Waals surface area (Å²) in [4.78, 5) is 2.38. The van der Waals surface area contributed by atoms with Gasteiger partial charge in [0.25, 0.3) is 0 Å². The van der Waals surface area contributed by atoms with E-state index in [0.717, 1.165) is 17.1 Å². The number of hydrogen-bond acceptors (Lipinski definition) is 1. The molecule has 258 valence electrons. The Bertz CT molecular complexity index is 2920. The maximum atomic E-state index is 2.38. The van der Waals surface area contributed by atoms with E-state index in [1.54, 1.807) is 0 Å². The lowest BCUT2D eigenvalue weighted by atomic mass is 9.94. The van der Waals surface area contributed by atoms with Crippen LogP contribution >= 0.6 is 0 Å². The standard InChI is InChI=1S/C54H37N/c1-3-11-38(12-4-1)39-19-21-40(22-20-39)41-29-33-48(34-30-41)55(53-18-10-9-16-50(53)43-13-5-2-6-14-43)49-35-31-42(32-36-49)47-28-25-45-24-27-46-26-23-44-15-7-8-17-51(44)54(46)52(45)37-47/h1-37H. The van der Waals surface area contributed by atoms with E-state index in [1.807, 2.05) is 0 Å². The molecular weight excluding hydrogens is 663 g/mol. The first kappa shape index (κ1) is 32.4. The van der Waals surface area contributed by atoms with Crippen molar-refractivity contribution in [1.29, 1.82) is 0 Å². The second-order valence-electron chi connectivity index (χ2n) is 14.1. The van der Waals surface area contributed by atoms with Gasteiger partial charge in [-0.25, -0.2) is 0 Å². The van der Waals surface area contributed by atoms with Crippen LogP contribution in [0.4, 0.5) is 17.1 Å². The highest BCUT2D eigenvalue weighted by Gasteiger charge is 2.18. The van der Waals surface area contributed by atoms with Crippen LogP contribution in [0.25, 0.3) is 76.8 Å². The molecule has 0 atom stereocenters. The summed E-state index contributed by atoms with van der Waals surface area (Å²) in [6.07, 6.45) is 0. The highest BCUT2D eigenvalue weighted by molar-refractivity contribution is 6.20. The summed E-state index contributed by atoms with van der Waals surface area (Å²) in [6, 6.07) is 81.3. The van der Waals surface area contributed by atoms with Gasteiger partial charge in [0, 0.05) is 16.9 Å². The molecule has 0 saturated heterocycles. The van der Waals surface area contributed by atoms with E-state index in [-0.39, 0.29) is 0 Å². The molecule has 0 radical (unpaired) electrons. The monoisotopic (exact) mass is 699 g/mol. The van der Waals surface area contributed by atoms with Crippen LogP contribution in [0.3, 0.4) is 0 Å². The second kappa shape index (κ2) is 14.0. The van der Waals surface area contributed by atoms with Gasteiger partial charge >= 0.3 is 0 Å². The van der Waals surface area contributed by atoms with Gasteiger partial charge in [-0.1, -0.05) is 188 Å². The lowest BCUT2D eigenvalue weighted by Crippen LogP contribution is -2.11. The number of hydrogen-bond donors (Lipinski definition) is 0. The molecule has 0 aliphatic heterocycles. The van der Waals surface area contributed by atoms with Crippen LogP contribution in [0, 0.1) is 0 Å². The Hall–Kier alpha value is -7.22. The Morgan fingerprint density at radius 1 is 0.255 bits per heavy atom. The summed E-state index contributed by atoms with van der Waals surface area (Å²) >= 11 is 0. The molecular formula is C54H37N. The fraction of sp³-hybridized carbons (Fsp3) is 0. The predicted octanol–water partition coefficient (Wildman–Crippen LogP) is 15.3. The van der Waals surface area contributed by atoms with Crippen LogP contribution in [0.1, 0.15) is 0 Å². The van der Waals surface area contributed by atoms with E-state index in [9.17, 15) is 0 Å². The molecule has 0 bridgehead atoms. The zero-order valence-electron chi connectivity index (χ0n) is 30.3. The molecule has 10 aromatic rings. The third-order valence-electron chi connectivity index (χ3n) is 10.9. The normalized spacial score (nSPS) is 11.3. The van der Waals surface area contributed by atoms with Crippen LogP contribution in [-0.2, 0) is 0 Å². The van der Waals surface area contributed by atoms with Gasteiger partial charge in [0.15, 0.2) is 0 Å². The van der Waals surface area contributed by atoms with Crippen LogP contribution in [-0.4, -0.2) is 0 Å². The van der Waals surface area contributed by atoms with Gasteiger partial charge in [-0.2, -0.15) is 0 Å². The molecule has 10 rings (SSSR count). The molecule has 55 heavy (non-hydrogen) atoms. The molecule has 1 heteroatoms. The first-order valence-electron chi connectivity index (χ1n) is 18.9. The van der Waals surface area contributed by atoms with Crippen molar-refractivity contribution < 1.29 is 0 Å². The van der Waals surface area contributed by atoms with E-state index in [4.69, 9.17) is 0 Å². The van der Waals surface area contributed by atoms with Crippen molar-refractivity contribution in [2.24, 2.45) is 0 Å². The summed E-state index contributed by atoms with van der Waals surface area (Å²) in [5, 5.41) is 7.67. The number of rotatable bonds is 7. The highest BCUT2D eigenvalue weighted by atomic mass is 15.1. The van der Waals surface area contributed by atoms with Crippen molar-refractivity contribution in [2.75, 3.05) is 4.90 Å². The van der Waals surface area contributed by atoms with Gasteiger partial charge in [-0.3, -0.25) is 0 Å². The molecule has 0 fully saturated rings. The third-order valence-corrected chi connectivity index (χ3v) is 10.9. The third kappa shape index (κ3) is 6.12. The molecule has 0 unspecified atom stereocenters. The fourth-order valence-corrected chi connectivity index (χ4v) is 8.05. The van der Waals surface area contributed by atoms with Crippen molar-refractivity contribution in [3.63, 3.8) is 0 Å². The summed E-state index contributed by atoms with van der Waals surface area (Å²) in [7, 11) is 0. The SMILES string of the molecule is c1ccc(-c2ccc(-c3ccc(N(c4ccc(-c5ccc6ccc7ccc8ccccc8c7c6c5)cc4)c4ccccc4-c4ccccc4)cc3)cc2)cc1. The lowest BCUT2D eigenvalue weighted by molar-refractivity contribution is 1.28. The van der Waals surface area contributed by atoms with E-state index in [2.05, 4.69) is 229 Å². The van der Waals surface area contributed by atoms with E-state index >= 15 is 0 Å². The summed E-state index contributed by atoms with van der Waals surface area (Å²) in [5.41, 5.74) is 12.9. The molecule has 1 nitrogen and oxygen atoms in total. The molecule has 0 aliphatic carbocycles. The lowest BCUT2D eigenvalue weighted by Gasteiger charge is -2.28. The predicted molar refractivity (Wildman–Crippen MR) is 235 cm³/mol. The van der Waals surface area contributed by atoms with Gasteiger partial charge in [-0.05, 0) is 108 Å². The molecule has 10 aromatic carbocycles. The molecule has 0 spiro atoms. The highest BCUT2D eigenvalue weighted by Crippen LogP contribution is 2.42. The van der Waals surface area contributed by atoms with Gasteiger partial charge in [-0.15, -0.1) is 0 Å². The molecule has 0 N–H and O–H groups in total. The van der Waals surface area contributed by atoms with Crippen molar-refractivity contribution >= 4 is 49.4 Å². The van der Waals surface area contributed by atoms with Crippen LogP contribution in [0.15, 0.2) is 224 Å². The van der Waals surface area contributed by atoms with E-state index < -0.39 is 0 Å². The zero-order chi connectivity index (χ0) is 36.6. The van der Waals surface area contributed by atoms with Crippen molar-refractivity contribution in [2.45, 2.75) is 0 Å². The summed E-state index contributed by atoms with van der Waals surface area (Å²) < 4.78 is 0. The second-order valence-corrected chi connectivity index (χ2v) is 14.1. The van der Waals surface area contributed by atoms with Gasteiger partial charge in [0.2, 0.25) is 0 Å². The van der Waals surface area contributed by atoms with Crippen molar-refractivity contribution in [3.05, 3.63) is 224 Å². The number of nitrogens with zero attached hydrogens (tertiary/aromatic N) is 1. The Morgan fingerprint density at radius 3 is 1.31 bits per heavy atom. The summed E-state index contributed by atoms with van der Waals surface area (Å²) in [6.45, 7) is 0. The Kier molecular flexibility index (Phi) is 8.24. The maximum absolute atomic E-state index is 2.38. The van der Waals surface area contributed by atoms with Crippen LogP contribution in [0.2, 0.25) is 0 Å². The smallest absolute Gasteiger partial charge is 0.0540 e. The van der Waals surface area contributed by atoms with Crippen LogP contribution < -0.4 is 4.90 Å². The Balaban J connectivity index is 1.05. The molecule has 0 aromatic heterocycles. The minimum absolute atomic E-state index is 1.10. The van der Waals surface area contributed by atoms with E-state index in [0.29, 0.717) is 0 Å². The fourth-order valence-electron chi connectivity index (χ4n) is 8.05. The van der Waals surface area contributed by atoms with Gasteiger partial charge in [0.1, 0.15) is 0 Å². The zero-order valence-corrected chi connectivity index (χ0v) is 30.3. The molecule has 0 amide bonds. The number of fused-ring (bicyclic) bond motifs is 5. The summed E-state index contributed by atoms with van der Waals surface area (Å²) in [5.74, 6) is 0. The Labute approximate surface area is 322 Å². The number of anilines is 3. The van der Waals surface area contributed by atoms with Crippen molar-refractivity contribution in [1.82, 2.24) is 0 Å².